The van der Waals surface area contributed by atoms with Gasteiger partial charge in [-0.05, 0) is 29.8 Å². The molecule has 0 aromatic heterocycles. The van der Waals surface area contributed by atoms with E-state index >= 15 is 0 Å². The second kappa shape index (κ2) is 4.68. The summed E-state index contributed by atoms with van der Waals surface area (Å²) in [5.74, 6) is -0.0591. The van der Waals surface area contributed by atoms with Crippen LogP contribution in [0.3, 0.4) is 0 Å². The van der Waals surface area contributed by atoms with Crippen LogP contribution >= 0.6 is 11.6 Å². The maximum Gasteiger partial charge on any atom is 0.247 e. The molecule has 2 aromatic carbocycles. The van der Waals surface area contributed by atoms with Gasteiger partial charge in [0.25, 0.3) is 0 Å². The number of anilines is 1. The fourth-order valence-electron chi connectivity index (χ4n) is 2.43. The molecule has 1 amide bonds. The minimum atomic E-state index is -0.501. The summed E-state index contributed by atoms with van der Waals surface area (Å²) >= 11 is 6.00. The van der Waals surface area contributed by atoms with Gasteiger partial charge in [-0.1, -0.05) is 41.9 Å². The molecule has 0 aliphatic carbocycles. The lowest BCUT2D eigenvalue weighted by Crippen LogP contribution is -2.63. The van der Waals surface area contributed by atoms with E-state index < -0.39 is 6.04 Å². The summed E-state index contributed by atoms with van der Waals surface area (Å²) in [7, 11) is 0. The smallest absolute Gasteiger partial charge is 0.247 e. The minimum Gasteiger partial charge on any atom is -0.318 e. The van der Waals surface area contributed by atoms with Gasteiger partial charge in [0.05, 0.1) is 6.04 Å². The minimum absolute atomic E-state index is 0.0591. The van der Waals surface area contributed by atoms with Crippen LogP contribution in [0.4, 0.5) is 5.69 Å². The molecule has 2 N–H and O–H groups in total. The molecule has 4 heteroatoms. The SMILES string of the molecule is N[C@H]1C(=O)N(c2ccccc2)[C@H]1c1cccc(Cl)c1. The third-order valence-corrected chi connectivity index (χ3v) is 3.60. The van der Waals surface area contributed by atoms with E-state index in [0.29, 0.717) is 5.02 Å². The van der Waals surface area contributed by atoms with Gasteiger partial charge < -0.3 is 10.6 Å². The van der Waals surface area contributed by atoms with Crippen molar-refractivity contribution in [2.75, 3.05) is 4.90 Å². The molecule has 2 atom stereocenters. The summed E-state index contributed by atoms with van der Waals surface area (Å²) < 4.78 is 0. The van der Waals surface area contributed by atoms with Crippen LogP contribution in [0.15, 0.2) is 54.6 Å². The first-order valence-electron chi connectivity index (χ1n) is 6.07. The Kier molecular flexibility index (Phi) is 3.01. The molecule has 3 rings (SSSR count). The molecule has 3 nitrogen and oxygen atoms in total. The van der Waals surface area contributed by atoms with Crippen molar-refractivity contribution in [3.8, 4) is 0 Å². The quantitative estimate of drug-likeness (QED) is 0.855. The third kappa shape index (κ3) is 2.01. The number of nitrogens with two attached hydrogens (primary N) is 1. The Morgan fingerprint density at radius 2 is 1.79 bits per heavy atom. The van der Waals surface area contributed by atoms with E-state index in [4.69, 9.17) is 17.3 Å². The van der Waals surface area contributed by atoms with E-state index in [0.717, 1.165) is 11.3 Å². The molecule has 1 aliphatic rings. The lowest BCUT2D eigenvalue weighted by atomic mass is 9.88. The highest BCUT2D eigenvalue weighted by Gasteiger charge is 2.46. The molecular formula is C15H13ClN2O. The van der Waals surface area contributed by atoms with Gasteiger partial charge >= 0.3 is 0 Å². The highest BCUT2D eigenvalue weighted by atomic mass is 35.5. The molecule has 0 bridgehead atoms. The van der Waals surface area contributed by atoms with Gasteiger partial charge in [-0.15, -0.1) is 0 Å². The predicted octanol–water partition coefficient (Wildman–Crippen LogP) is 2.76. The van der Waals surface area contributed by atoms with Gasteiger partial charge in [0, 0.05) is 10.7 Å². The number of amides is 1. The van der Waals surface area contributed by atoms with Crippen molar-refractivity contribution in [3.63, 3.8) is 0 Å². The van der Waals surface area contributed by atoms with E-state index in [1.165, 1.54) is 0 Å². The largest absolute Gasteiger partial charge is 0.318 e. The normalized spacial score (nSPS) is 22.2. The first kappa shape index (κ1) is 12.2. The Hall–Kier alpha value is -1.84. The maximum atomic E-state index is 12.0. The summed E-state index contributed by atoms with van der Waals surface area (Å²) in [6.07, 6.45) is 0. The van der Waals surface area contributed by atoms with E-state index in [2.05, 4.69) is 0 Å². The zero-order valence-electron chi connectivity index (χ0n) is 10.2. The Balaban J connectivity index is 1.98. The molecule has 1 fully saturated rings. The Labute approximate surface area is 116 Å². The van der Waals surface area contributed by atoms with Crippen LogP contribution in [0.2, 0.25) is 5.02 Å². The van der Waals surface area contributed by atoms with Crippen LogP contribution in [0.25, 0.3) is 0 Å². The van der Waals surface area contributed by atoms with Crippen LogP contribution in [-0.4, -0.2) is 11.9 Å². The molecule has 0 spiro atoms. The summed E-state index contributed by atoms with van der Waals surface area (Å²) in [5, 5.41) is 0.650. The van der Waals surface area contributed by atoms with Crippen molar-refractivity contribution in [1.82, 2.24) is 0 Å². The van der Waals surface area contributed by atoms with Crippen LogP contribution in [-0.2, 0) is 4.79 Å². The van der Waals surface area contributed by atoms with Crippen molar-refractivity contribution in [3.05, 3.63) is 65.2 Å². The zero-order chi connectivity index (χ0) is 13.4. The number of carbonyl (C=O) groups excluding carboxylic acids is 1. The number of hydrogen-bond acceptors (Lipinski definition) is 2. The van der Waals surface area contributed by atoms with Crippen LogP contribution in [0, 0.1) is 0 Å². The van der Waals surface area contributed by atoms with Gasteiger partial charge in [-0.3, -0.25) is 4.79 Å². The number of rotatable bonds is 2. The Morgan fingerprint density at radius 3 is 2.47 bits per heavy atom. The lowest BCUT2D eigenvalue weighted by molar-refractivity contribution is -0.126. The molecular weight excluding hydrogens is 260 g/mol. The lowest BCUT2D eigenvalue weighted by Gasteiger charge is -2.45. The number of benzene rings is 2. The standard InChI is InChI=1S/C15H13ClN2O/c16-11-6-4-5-10(9-11)14-13(17)15(19)18(14)12-7-2-1-3-8-12/h1-9,13-14H,17H2/t13-,14+/m1/s1. The summed E-state index contributed by atoms with van der Waals surface area (Å²) in [4.78, 5) is 13.7. The molecule has 0 saturated carbocycles. The number of nitrogens with zero attached hydrogens (tertiary/aromatic N) is 1. The fourth-order valence-corrected chi connectivity index (χ4v) is 2.63. The topological polar surface area (TPSA) is 46.3 Å². The molecule has 1 aliphatic heterocycles. The van der Waals surface area contributed by atoms with Gasteiger partial charge in [0.15, 0.2) is 0 Å². The summed E-state index contributed by atoms with van der Waals surface area (Å²) in [6.45, 7) is 0. The number of para-hydroxylation sites is 1. The van der Waals surface area contributed by atoms with E-state index in [-0.39, 0.29) is 11.9 Å². The van der Waals surface area contributed by atoms with Crippen molar-refractivity contribution < 1.29 is 4.79 Å². The average molecular weight is 273 g/mol. The van der Waals surface area contributed by atoms with Crippen LogP contribution in [0.5, 0.6) is 0 Å². The fraction of sp³-hybridized carbons (Fsp3) is 0.133. The van der Waals surface area contributed by atoms with E-state index in [1.54, 1.807) is 4.90 Å². The number of halogens is 1. The van der Waals surface area contributed by atoms with Gasteiger partial charge in [-0.25, -0.2) is 0 Å². The van der Waals surface area contributed by atoms with Crippen molar-refractivity contribution in [2.24, 2.45) is 5.73 Å². The highest BCUT2D eigenvalue weighted by Crippen LogP contribution is 2.38. The molecule has 1 saturated heterocycles. The Bertz CT molecular complexity index is 615. The molecule has 0 unspecified atom stereocenters. The second-order valence-electron chi connectivity index (χ2n) is 4.57. The molecule has 0 radical (unpaired) electrons. The molecule has 96 valence electrons. The molecule has 2 aromatic rings. The number of hydrogen-bond donors (Lipinski definition) is 1. The average Bonchev–Trinajstić information content (AvgIpc) is 2.44. The van der Waals surface area contributed by atoms with E-state index in [9.17, 15) is 4.79 Å². The maximum absolute atomic E-state index is 12.0. The second-order valence-corrected chi connectivity index (χ2v) is 5.01. The van der Waals surface area contributed by atoms with Gasteiger partial charge in [0.1, 0.15) is 6.04 Å². The molecule has 19 heavy (non-hydrogen) atoms. The number of β-lactam (4-membered cyclic amide) rings is 1. The Morgan fingerprint density at radius 1 is 1.05 bits per heavy atom. The molecule has 1 heterocycles. The van der Waals surface area contributed by atoms with Crippen LogP contribution in [0.1, 0.15) is 11.6 Å². The van der Waals surface area contributed by atoms with Crippen molar-refractivity contribution in [2.45, 2.75) is 12.1 Å². The zero-order valence-corrected chi connectivity index (χ0v) is 10.9. The summed E-state index contributed by atoms with van der Waals surface area (Å²) in [5.41, 5.74) is 7.76. The third-order valence-electron chi connectivity index (χ3n) is 3.37. The van der Waals surface area contributed by atoms with E-state index in [1.807, 2.05) is 54.6 Å². The van der Waals surface area contributed by atoms with Crippen molar-refractivity contribution in [1.29, 1.82) is 0 Å². The predicted molar refractivity (Wildman–Crippen MR) is 76.1 cm³/mol. The van der Waals surface area contributed by atoms with Gasteiger partial charge in [0.2, 0.25) is 5.91 Å². The van der Waals surface area contributed by atoms with Gasteiger partial charge in [-0.2, -0.15) is 0 Å². The van der Waals surface area contributed by atoms with Crippen molar-refractivity contribution >= 4 is 23.2 Å². The first-order chi connectivity index (χ1) is 9.18. The van der Waals surface area contributed by atoms with Crippen LogP contribution < -0.4 is 10.6 Å². The first-order valence-corrected chi connectivity index (χ1v) is 6.45. The monoisotopic (exact) mass is 272 g/mol. The summed E-state index contributed by atoms with van der Waals surface area (Å²) in [6, 6.07) is 16.4. The number of carbonyl (C=O) groups is 1. The highest BCUT2D eigenvalue weighted by molar-refractivity contribution is 6.30.